The van der Waals surface area contributed by atoms with E-state index in [1.54, 1.807) is 0 Å². The standard InChI is InChI=1S/C15H21NO/c17-15-7-3-6-14-13(15)9-11-16(14)10-8-12-4-1-2-5-12/h9,11-12H,1-8,10H2. The Hall–Kier alpha value is -1.05. The van der Waals surface area contributed by atoms with Gasteiger partial charge >= 0.3 is 0 Å². The predicted octanol–water partition coefficient (Wildman–Crippen LogP) is 3.59. The molecule has 0 spiro atoms. The third kappa shape index (κ3) is 2.18. The van der Waals surface area contributed by atoms with Crippen molar-refractivity contribution in [1.82, 2.24) is 4.57 Å². The fourth-order valence-electron chi connectivity index (χ4n) is 3.42. The smallest absolute Gasteiger partial charge is 0.164 e. The van der Waals surface area contributed by atoms with Crippen LogP contribution in [0.15, 0.2) is 12.3 Å². The number of carbonyl (C=O) groups is 1. The van der Waals surface area contributed by atoms with Crippen molar-refractivity contribution in [2.45, 2.75) is 57.9 Å². The number of aryl methyl sites for hydroxylation is 1. The molecule has 1 saturated carbocycles. The molecular formula is C15H21NO. The van der Waals surface area contributed by atoms with E-state index in [1.165, 1.54) is 37.8 Å². The predicted molar refractivity (Wildman–Crippen MR) is 68.3 cm³/mol. The molecule has 0 unspecified atom stereocenters. The molecule has 0 amide bonds. The van der Waals surface area contributed by atoms with Crippen molar-refractivity contribution in [2.75, 3.05) is 0 Å². The molecule has 2 aliphatic carbocycles. The van der Waals surface area contributed by atoms with Crippen LogP contribution >= 0.6 is 0 Å². The van der Waals surface area contributed by atoms with Crippen LogP contribution in [0.5, 0.6) is 0 Å². The molecule has 0 bridgehead atoms. The van der Waals surface area contributed by atoms with E-state index in [1.807, 2.05) is 6.07 Å². The first-order valence-corrected chi connectivity index (χ1v) is 7.06. The van der Waals surface area contributed by atoms with E-state index in [4.69, 9.17) is 0 Å². The molecule has 1 heterocycles. The maximum Gasteiger partial charge on any atom is 0.164 e. The minimum Gasteiger partial charge on any atom is -0.351 e. The van der Waals surface area contributed by atoms with Crippen molar-refractivity contribution in [3.05, 3.63) is 23.5 Å². The zero-order valence-electron chi connectivity index (χ0n) is 10.5. The zero-order valence-corrected chi connectivity index (χ0v) is 10.5. The van der Waals surface area contributed by atoms with Gasteiger partial charge in [0, 0.05) is 30.4 Å². The lowest BCUT2D eigenvalue weighted by molar-refractivity contribution is 0.0971. The van der Waals surface area contributed by atoms with E-state index in [-0.39, 0.29) is 0 Å². The molecule has 0 atom stereocenters. The number of hydrogen-bond donors (Lipinski definition) is 0. The highest BCUT2D eigenvalue weighted by Crippen LogP contribution is 2.29. The first-order valence-electron chi connectivity index (χ1n) is 7.06. The highest BCUT2D eigenvalue weighted by Gasteiger charge is 2.21. The van der Waals surface area contributed by atoms with Gasteiger partial charge in [0.2, 0.25) is 0 Å². The van der Waals surface area contributed by atoms with Gasteiger partial charge < -0.3 is 4.57 Å². The van der Waals surface area contributed by atoms with Gasteiger partial charge in [0.1, 0.15) is 0 Å². The van der Waals surface area contributed by atoms with E-state index in [0.717, 1.165) is 37.3 Å². The summed E-state index contributed by atoms with van der Waals surface area (Å²) in [6.07, 6.45) is 12.0. The number of aromatic nitrogens is 1. The molecule has 0 radical (unpaired) electrons. The van der Waals surface area contributed by atoms with Gasteiger partial charge in [-0.1, -0.05) is 25.7 Å². The molecule has 92 valence electrons. The topological polar surface area (TPSA) is 22.0 Å². The molecule has 17 heavy (non-hydrogen) atoms. The maximum atomic E-state index is 11.7. The third-order valence-electron chi connectivity index (χ3n) is 4.45. The summed E-state index contributed by atoms with van der Waals surface area (Å²) in [4.78, 5) is 11.7. The highest BCUT2D eigenvalue weighted by atomic mass is 16.1. The molecule has 2 heteroatoms. The van der Waals surface area contributed by atoms with Gasteiger partial charge in [0.05, 0.1) is 0 Å². The fourth-order valence-corrected chi connectivity index (χ4v) is 3.42. The van der Waals surface area contributed by atoms with E-state index in [0.29, 0.717) is 5.78 Å². The Balaban J connectivity index is 1.68. The van der Waals surface area contributed by atoms with Crippen LogP contribution in [-0.4, -0.2) is 10.4 Å². The Kier molecular flexibility index (Phi) is 3.04. The molecule has 3 rings (SSSR count). The van der Waals surface area contributed by atoms with E-state index in [2.05, 4.69) is 10.8 Å². The van der Waals surface area contributed by atoms with Gasteiger partial charge in [0.15, 0.2) is 5.78 Å². The van der Waals surface area contributed by atoms with Crippen molar-refractivity contribution in [2.24, 2.45) is 5.92 Å². The number of carbonyl (C=O) groups excluding carboxylic acids is 1. The van der Waals surface area contributed by atoms with Gasteiger partial charge in [0.25, 0.3) is 0 Å². The Morgan fingerprint density at radius 1 is 1.18 bits per heavy atom. The summed E-state index contributed by atoms with van der Waals surface area (Å²) in [6.45, 7) is 1.12. The normalized spacial score (nSPS) is 20.8. The molecule has 2 aliphatic rings. The van der Waals surface area contributed by atoms with Gasteiger partial charge in [-0.3, -0.25) is 4.79 Å². The SMILES string of the molecule is O=C1CCCc2c1ccn2CCC1CCCC1. The van der Waals surface area contributed by atoms with E-state index in [9.17, 15) is 4.79 Å². The minimum absolute atomic E-state index is 0.353. The average Bonchev–Trinajstić information content (AvgIpc) is 2.95. The fraction of sp³-hybridized carbons (Fsp3) is 0.667. The monoisotopic (exact) mass is 231 g/mol. The lowest BCUT2D eigenvalue weighted by atomic mass is 9.96. The quantitative estimate of drug-likeness (QED) is 0.779. The first-order chi connectivity index (χ1) is 8.34. The highest BCUT2D eigenvalue weighted by molar-refractivity contribution is 5.98. The van der Waals surface area contributed by atoms with Crippen LogP contribution in [0.1, 0.15) is 61.0 Å². The zero-order chi connectivity index (χ0) is 11.7. The summed E-state index contributed by atoms with van der Waals surface area (Å²) in [5.74, 6) is 1.29. The summed E-state index contributed by atoms with van der Waals surface area (Å²) in [5, 5.41) is 0. The number of ketones is 1. The van der Waals surface area contributed by atoms with E-state index < -0.39 is 0 Å². The molecule has 0 saturated heterocycles. The maximum absolute atomic E-state index is 11.7. The molecule has 0 N–H and O–H groups in total. The number of Topliss-reactive ketones (excluding diaryl/α,β-unsaturated/α-hetero) is 1. The lowest BCUT2D eigenvalue weighted by Crippen LogP contribution is -2.14. The van der Waals surface area contributed by atoms with Crippen LogP contribution in [-0.2, 0) is 13.0 Å². The van der Waals surface area contributed by atoms with Gasteiger partial charge in [-0.05, 0) is 31.2 Å². The number of rotatable bonds is 3. The lowest BCUT2D eigenvalue weighted by Gasteiger charge is -2.16. The minimum atomic E-state index is 0.353. The molecule has 0 aromatic carbocycles. The summed E-state index contributed by atoms with van der Waals surface area (Å²) < 4.78 is 2.34. The van der Waals surface area contributed by atoms with Crippen LogP contribution < -0.4 is 0 Å². The van der Waals surface area contributed by atoms with E-state index >= 15 is 0 Å². The largest absolute Gasteiger partial charge is 0.351 e. The first kappa shape index (κ1) is 11.1. The van der Waals surface area contributed by atoms with Crippen molar-refractivity contribution in [1.29, 1.82) is 0 Å². The van der Waals surface area contributed by atoms with Crippen molar-refractivity contribution >= 4 is 5.78 Å². The van der Waals surface area contributed by atoms with Crippen molar-refractivity contribution < 1.29 is 4.79 Å². The molecular weight excluding hydrogens is 210 g/mol. The Morgan fingerprint density at radius 3 is 2.82 bits per heavy atom. The van der Waals surface area contributed by atoms with Crippen molar-refractivity contribution in [3.8, 4) is 0 Å². The molecule has 2 nitrogen and oxygen atoms in total. The molecule has 1 aromatic rings. The second-order valence-corrected chi connectivity index (χ2v) is 5.59. The Morgan fingerprint density at radius 2 is 2.00 bits per heavy atom. The summed E-state index contributed by atoms with van der Waals surface area (Å²) in [7, 11) is 0. The number of fused-ring (bicyclic) bond motifs is 1. The van der Waals surface area contributed by atoms with Crippen LogP contribution in [0, 0.1) is 5.92 Å². The molecule has 1 fully saturated rings. The molecule has 0 aliphatic heterocycles. The molecule has 1 aromatic heterocycles. The third-order valence-corrected chi connectivity index (χ3v) is 4.45. The van der Waals surface area contributed by atoms with Crippen LogP contribution in [0.4, 0.5) is 0 Å². The summed E-state index contributed by atoms with van der Waals surface area (Å²) in [6, 6.07) is 2.03. The second kappa shape index (κ2) is 4.67. The van der Waals surface area contributed by atoms with Crippen LogP contribution in [0.2, 0.25) is 0 Å². The second-order valence-electron chi connectivity index (χ2n) is 5.59. The Bertz CT molecular complexity index is 413. The van der Waals surface area contributed by atoms with Gasteiger partial charge in [-0.25, -0.2) is 0 Å². The summed E-state index contributed by atoms with van der Waals surface area (Å²) >= 11 is 0. The Labute approximate surface area is 103 Å². The summed E-state index contributed by atoms with van der Waals surface area (Å²) in [5.41, 5.74) is 2.31. The average molecular weight is 231 g/mol. The van der Waals surface area contributed by atoms with Gasteiger partial charge in [-0.2, -0.15) is 0 Å². The van der Waals surface area contributed by atoms with Crippen LogP contribution in [0.3, 0.4) is 0 Å². The van der Waals surface area contributed by atoms with Crippen molar-refractivity contribution in [3.63, 3.8) is 0 Å². The number of hydrogen-bond acceptors (Lipinski definition) is 1. The van der Waals surface area contributed by atoms with Gasteiger partial charge in [-0.15, -0.1) is 0 Å². The van der Waals surface area contributed by atoms with Crippen LogP contribution in [0.25, 0.3) is 0 Å². The number of nitrogens with zero attached hydrogens (tertiary/aromatic N) is 1.